The van der Waals surface area contributed by atoms with Crippen molar-refractivity contribution >= 4 is 91.9 Å². The number of hydrogen-bond acceptors (Lipinski definition) is 0. The second kappa shape index (κ2) is 6.87. The molecular weight excluding hydrogens is 592 g/mol. The zero-order chi connectivity index (χ0) is 14.2. The molecule has 0 heterocycles. The molecular formula is C9H21Br5Si3. The normalized spacial score (nSPS) is 15.2. The second-order valence-corrected chi connectivity index (χ2v) is 69.8. The van der Waals surface area contributed by atoms with Crippen LogP contribution >= 0.6 is 76.5 Å². The first-order valence-electron chi connectivity index (χ1n) is 5.78. The Morgan fingerprint density at radius 1 is 0.588 bits per heavy atom. The lowest BCUT2D eigenvalue weighted by molar-refractivity contribution is 0.847. The standard InChI is InChI=1S/C9H21Br5Si3/c1-7(2)15(8(3)4,9(5)6)17(13,14)16(10,11)12/h7-9H,1-6H3. The van der Waals surface area contributed by atoms with Gasteiger partial charge in [0.15, 0.2) is 0 Å². The molecule has 0 bridgehead atoms. The summed E-state index contributed by atoms with van der Waals surface area (Å²) < 4.78 is -3.46. The summed E-state index contributed by atoms with van der Waals surface area (Å²) in [6, 6.07) is 0. The van der Waals surface area contributed by atoms with Crippen molar-refractivity contribution in [3.05, 3.63) is 0 Å². The molecule has 0 aromatic rings. The van der Waals surface area contributed by atoms with Crippen LogP contribution in [0.1, 0.15) is 41.5 Å². The van der Waals surface area contributed by atoms with Crippen molar-refractivity contribution in [1.29, 1.82) is 0 Å². The van der Waals surface area contributed by atoms with E-state index in [-0.39, 0.29) is 0 Å². The lowest BCUT2D eigenvalue weighted by atomic mass is 10.5. The molecule has 0 aromatic carbocycles. The van der Waals surface area contributed by atoms with Crippen molar-refractivity contribution in [2.24, 2.45) is 0 Å². The Balaban J connectivity index is 5.95. The van der Waals surface area contributed by atoms with Crippen molar-refractivity contribution in [3.8, 4) is 0 Å². The molecule has 0 aliphatic rings. The van der Waals surface area contributed by atoms with Gasteiger partial charge in [-0.05, 0) is 0 Å². The Hall–Kier alpha value is 3.05. The summed E-state index contributed by atoms with van der Waals surface area (Å²) in [6.45, 7) is 14.4. The Kier molecular flexibility index (Phi) is 8.11. The van der Waals surface area contributed by atoms with Crippen LogP contribution < -0.4 is 0 Å². The van der Waals surface area contributed by atoms with E-state index in [1.54, 1.807) is 0 Å². The van der Waals surface area contributed by atoms with Gasteiger partial charge in [0.1, 0.15) is 0 Å². The van der Waals surface area contributed by atoms with Crippen LogP contribution in [0.3, 0.4) is 0 Å². The molecule has 104 valence electrons. The highest BCUT2D eigenvalue weighted by molar-refractivity contribution is 9.81. The van der Waals surface area contributed by atoms with E-state index in [1.165, 1.54) is 0 Å². The first-order chi connectivity index (χ1) is 7.33. The molecule has 0 N–H and O–H groups in total. The first kappa shape index (κ1) is 20.1. The third-order valence-corrected chi connectivity index (χ3v) is 107. The number of rotatable bonds is 5. The van der Waals surface area contributed by atoms with E-state index in [2.05, 4.69) is 118 Å². The van der Waals surface area contributed by atoms with Crippen molar-refractivity contribution in [2.45, 2.75) is 58.2 Å². The van der Waals surface area contributed by atoms with E-state index in [1.807, 2.05) is 0 Å². The summed E-state index contributed by atoms with van der Waals surface area (Å²) in [4.78, 5) is 0. The van der Waals surface area contributed by atoms with Crippen molar-refractivity contribution in [2.75, 3.05) is 0 Å². The molecule has 8 heteroatoms. The zero-order valence-corrected chi connectivity index (χ0v) is 22.1. The van der Waals surface area contributed by atoms with Gasteiger partial charge in [-0.15, -0.1) is 30.6 Å². The van der Waals surface area contributed by atoms with Gasteiger partial charge in [0.2, 0.25) is 4.35 Å². The Bertz CT molecular complexity index is 238. The molecule has 0 fully saturated rings. The third kappa shape index (κ3) is 3.63. The molecule has 0 aliphatic carbocycles. The van der Waals surface area contributed by atoms with Gasteiger partial charge in [0.25, 0.3) is 3.45 Å². The van der Waals surface area contributed by atoms with Crippen molar-refractivity contribution in [1.82, 2.24) is 0 Å². The Morgan fingerprint density at radius 2 is 0.824 bits per heavy atom. The average Bonchev–Trinajstić information content (AvgIpc) is 1.98. The van der Waals surface area contributed by atoms with E-state index in [0.717, 1.165) is 16.6 Å². The summed E-state index contributed by atoms with van der Waals surface area (Å²) >= 11 is 20.1. The lowest BCUT2D eigenvalue weighted by Gasteiger charge is -2.52. The highest BCUT2D eigenvalue weighted by atomic mass is 80.0. The maximum Gasteiger partial charge on any atom is 0.276 e. The minimum Gasteiger partial charge on any atom is -0.115 e. The van der Waals surface area contributed by atoms with Crippen LogP contribution in [0.4, 0.5) is 0 Å². The van der Waals surface area contributed by atoms with Gasteiger partial charge in [0.05, 0.1) is 7.59 Å². The number of hydrogen-bond donors (Lipinski definition) is 0. The van der Waals surface area contributed by atoms with E-state index < -0.39 is 15.4 Å². The first-order valence-corrected chi connectivity index (χ1v) is 25.3. The van der Waals surface area contributed by atoms with E-state index in [0.29, 0.717) is 0 Å². The Morgan fingerprint density at radius 3 is 0.882 bits per heavy atom. The largest absolute Gasteiger partial charge is 0.276 e. The molecule has 0 nitrogen and oxygen atoms in total. The number of halogens is 5. The molecule has 0 rings (SSSR count). The van der Waals surface area contributed by atoms with E-state index >= 15 is 0 Å². The fourth-order valence-corrected chi connectivity index (χ4v) is 82.7. The third-order valence-electron chi connectivity index (χ3n) is 3.77. The monoisotopic (exact) mass is 608 g/mol. The highest BCUT2D eigenvalue weighted by Gasteiger charge is 2.67. The highest BCUT2D eigenvalue weighted by Crippen LogP contribution is 2.59. The second-order valence-electron chi connectivity index (χ2n) is 5.47. The topological polar surface area (TPSA) is 0 Å². The molecule has 0 radical (unpaired) electrons. The van der Waals surface area contributed by atoms with Gasteiger partial charge >= 0.3 is 0 Å². The SMILES string of the molecule is CC(C)[Si](C(C)C)(C(C)C)[Si](Br)(Br)[Si](Br)(Br)Br. The van der Waals surface area contributed by atoms with Crippen molar-refractivity contribution in [3.63, 3.8) is 0 Å². The molecule has 0 aromatic heterocycles. The van der Waals surface area contributed by atoms with Crippen molar-refractivity contribution < 1.29 is 0 Å². The minimum atomic E-state index is -1.74. The van der Waals surface area contributed by atoms with Gasteiger partial charge in [-0.3, -0.25) is 0 Å². The summed E-state index contributed by atoms with van der Waals surface area (Å²) in [5, 5.41) is 0. The fourth-order valence-electron chi connectivity index (χ4n) is 3.33. The van der Waals surface area contributed by atoms with Crippen LogP contribution in [0.25, 0.3) is 0 Å². The van der Waals surface area contributed by atoms with Crippen LogP contribution in [0.5, 0.6) is 0 Å². The molecule has 0 unspecified atom stereocenters. The zero-order valence-electron chi connectivity index (χ0n) is 11.1. The molecule has 0 saturated carbocycles. The maximum absolute atomic E-state index is 4.17. The van der Waals surface area contributed by atoms with Gasteiger partial charge in [-0.25, -0.2) is 0 Å². The minimum absolute atomic E-state index is 0.757. The van der Waals surface area contributed by atoms with Crippen LogP contribution in [0, 0.1) is 0 Å². The van der Waals surface area contributed by atoms with Crippen LogP contribution in [-0.2, 0) is 0 Å². The predicted octanol–water partition coefficient (Wildman–Crippen LogP) is 7.18. The lowest BCUT2D eigenvalue weighted by Crippen LogP contribution is -2.69. The predicted molar refractivity (Wildman–Crippen MR) is 107 cm³/mol. The molecule has 0 saturated heterocycles. The van der Waals surface area contributed by atoms with Gasteiger partial charge in [0, 0.05) is 0 Å². The summed E-state index contributed by atoms with van der Waals surface area (Å²) in [5.41, 5.74) is 2.27. The van der Waals surface area contributed by atoms with Gasteiger partial charge in [-0.2, -0.15) is 0 Å². The van der Waals surface area contributed by atoms with Crippen LogP contribution in [0.15, 0.2) is 0 Å². The molecule has 0 spiro atoms. The maximum atomic E-state index is 4.17. The van der Waals surface area contributed by atoms with E-state index in [4.69, 9.17) is 0 Å². The Labute approximate surface area is 148 Å². The summed E-state index contributed by atoms with van der Waals surface area (Å²) in [5.74, 6) is 0. The molecule has 17 heavy (non-hydrogen) atoms. The summed E-state index contributed by atoms with van der Waals surface area (Å²) in [7, 11) is -1.50. The smallest absolute Gasteiger partial charge is 0.115 e. The van der Waals surface area contributed by atoms with Crippen LogP contribution in [-0.4, -0.2) is 15.4 Å². The quantitative estimate of drug-likeness (QED) is 0.228. The van der Waals surface area contributed by atoms with Gasteiger partial charge < -0.3 is 0 Å². The van der Waals surface area contributed by atoms with E-state index in [9.17, 15) is 0 Å². The molecule has 0 atom stereocenters. The average molecular weight is 613 g/mol. The van der Waals surface area contributed by atoms with Gasteiger partial charge in [-0.1, -0.05) is 104 Å². The molecule has 0 amide bonds. The fraction of sp³-hybridized carbons (Fsp3) is 1.00. The molecule has 0 aliphatic heterocycles. The summed E-state index contributed by atoms with van der Waals surface area (Å²) in [6.07, 6.45) is 0. The van der Waals surface area contributed by atoms with Crippen LogP contribution in [0.2, 0.25) is 16.6 Å².